The van der Waals surface area contributed by atoms with Gasteiger partial charge in [-0.1, -0.05) is 51.3 Å². The van der Waals surface area contributed by atoms with Crippen LogP contribution in [0, 0.1) is 17.8 Å². The maximum absolute atomic E-state index is 13.0. The van der Waals surface area contributed by atoms with Crippen molar-refractivity contribution < 1.29 is 14.4 Å². The summed E-state index contributed by atoms with van der Waals surface area (Å²) < 4.78 is 0. The zero-order chi connectivity index (χ0) is 22.2. The normalized spacial score (nSPS) is 20.7. The number of carbonyl (C=O) groups excluding carboxylic acids is 3. The summed E-state index contributed by atoms with van der Waals surface area (Å²) in [4.78, 5) is 41.6. The fourth-order valence-corrected chi connectivity index (χ4v) is 4.68. The van der Waals surface area contributed by atoms with Gasteiger partial charge in [0.2, 0.25) is 17.7 Å². The van der Waals surface area contributed by atoms with Gasteiger partial charge in [-0.25, -0.2) is 0 Å². The molecule has 0 aliphatic carbocycles. The number of piperidine rings is 1. The van der Waals surface area contributed by atoms with Crippen molar-refractivity contribution in [3.05, 3.63) is 30.3 Å². The fraction of sp³-hybridized carbons (Fsp3) is 0.640. The molecule has 170 valence electrons. The Balaban J connectivity index is 1.44. The molecule has 2 aliphatic heterocycles. The molecule has 0 saturated carbocycles. The monoisotopic (exact) mass is 427 g/mol. The second-order valence-electron chi connectivity index (χ2n) is 9.00. The molecule has 0 aromatic heterocycles. The molecule has 3 amide bonds. The van der Waals surface area contributed by atoms with Gasteiger partial charge in [0.1, 0.15) is 0 Å². The average molecular weight is 428 g/mol. The van der Waals surface area contributed by atoms with E-state index in [1.54, 1.807) is 4.90 Å². The smallest absolute Gasteiger partial charge is 0.228 e. The van der Waals surface area contributed by atoms with E-state index < -0.39 is 0 Å². The van der Waals surface area contributed by atoms with E-state index in [9.17, 15) is 14.4 Å². The molecule has 0 spiro atoms. The Hall–Kier alpha value is -2.37. The number of rotatable bonds is 9. The highest BCUT2D eigenvalue weighted by atomic mass is 16.2. The highest BCUT2D eigenvalue weighted by molar-refractivity contribution is 6.00. The Labute approximate surface area is 186 Å². The van der Waals surface area contributed by atoms with Crippen molar-refractivity contribution in [2.75, 3.05) is 31.1 Å². The molecule has 2 aliphatic rings. The predicted molar refractivity (Wildman–Crippen MR) is 123 cm³/mol. The summed E-state index contributed by atoms with van der Waals surface area (Å²) in [6, 6.07) is 9.53. The van der Waals surface area contributed by atoms with Crippen molar-refractivity contribution in [3.63, 3.8) is 0 Å². The number of hydrogen-bond acceptors (Lipinski definition) is 3. The van der Waals surface area contributed by atoms with Crippen LogP contribution in [0.25, 0.3) is 0 Å². The zero-order valence-electron chi connectivity index (χ0n) is 19.0. The Morgan fingerprint density at radius 3 is 2.45 bits per heavy atom. The molecule has 0 radical (unpaired) electrons. The van der Waals surface area contributed by atoms with Gasteiger partial charge >= 0.3 is 0 Å². The largest absolute Gasteiger partial charge is 0.356 e. The summed E-state index contributed by atoms with van der Waals surface area (Å²) in [5.41, 5.74) is 0.850. The molecule has 2 unspecified atom stereocenters. The first-order valence-electron chi connectivity index (χ1n) is 11.9. The third-order valence-corrected chi connectivity index (χ3v) is 6.83. The number of benzene rings is 1. The van der Waals surface area contributed by atoms with Crippen LogP contribution in [-0.2, 0) is 14.4 Å². The molecule has 31 heavy (non-hydrogen) atoms. The number of unbranched alkanes of at least 4 members (excludes halogenated alkanes) is 1. The van der Waals surface area contributed by atoms with Crippen molar-refractivity contribution in [2.45, 2.75) is 58.8 Å². The van der Waals surface area contributed by atoms with Crippen LogP contribution in [0.5, 0.6) is 0 Å². The first-order valence-corrected chi connectivity index (χ1v) is 11.9. The SMILES string of the molecule is CCCCC(CC)CNC(=O)C1CCN(C(=O)C2CC(=O)N(c3ccccc3)C2)CC1. The Bertz CT molecular complexity index is 744. The summed E-state index contributed by atoms with van der Waals surface area (Å²) in [7, 11) is 0. The summed E-state index contributed by atoms with van der Waals surface area (Å²) in [6.45, 7) is 6.77. The first kappa shape index (κ1) is 23.3. The molecular formula is C25H37N3O3. The number of likely N-dealkylation sites (tertiary alicyclic amines) is 1. The van der Waals surface area contributed by atoms with Crippen molar-refractivity contribution in [2.24, 2.45) is 17.8 Å². The van der Waals surface area contributed by atoms with Crippen LogP contribution in [0.2, 0.25) is 0 Å². The maximum Gasteiger partial charge on any atom is 0.228 e. The minimum atomic E-state index is -0.290. The highest BCUT2D eigenvalue weighted by Gasteiger charge is 2.38. The standard InChI is InChI=1S/C25H37N3O3/c1-3-5-9-19(4-2)17-26-24(30)20-12-14-27(15-13-20)25(31)21-16-23(29)28(18-21)22-10-7-6-8-11-22/h6-8,10-11,19-21H,3-5,9,12-18H2,1-2H3,(H,26,30). The molecular weight excluding hydrogens is 390 g/mol. The number of para-hydroxylation sites is 1. The van der Waals surface area contributed by atoms with Crippen LogP contribution in [0.15, 0.2) is 30.3 Å². The number of nitrogens with one attached hydrogen (secondary N) is 1. The third kappa shape index (κ3) is 6.08. The maximum atomic E-state index is 13.0. The molecule has 2 heterocycles. The van der Waals surface area contributed by atoms with Gasteiger partial charge < -0.3 is 15.1 Å². The molecule has 3 rings (SSSR count). The molecule has 0 bridgehead atoms. The van der Waals surface area contributed by atoms with E-state index in [4.69, 9.17) is 0 Å². The number of nitrogens with zero attached hydrogens (tertiary/aromatic N) is 2. The van der Waals surface area contributed by atoms with E-state index >= 15 is 0 Å². The predicted octanol–water partition coefficient (Wildman–Crippen LogP) is 3.61. The van der Waals surface area contributed by atoms with Gasteiger partial charge in [0, 0.05) is 44.2 Å². The average Bonchev–Trinajstić information content (AvgIpc) is 3.20. The van der Waals surface area contributed by atoms with Crippen molar-refractivity contribution in [1.29, 1.82) is 0 Å². The van der Waals surface area contributed by atoms with Gasteiger partial charge in [-0.3, -0.25) is 14.4 Å². The number of carbonyl (C=O) groups is 3. The van der Waals surface area contributed by atoms with Crippen molar-refractivity contribution in [1.82, 2.24) is 10.2 Å². The van der Waals surface area contributed by atoms with E-state index in [-0.39, 0.29) is 36.0 Å². The molecule has 1 N–H and O–H groups in total. The summed E-state index contributed by atoms with van der Waals surface area (Å²) in [5, 5.41) is 3.15. The lowest BCUT2D eigenvalue weighted by atomic mass is 9.93. The van der Waals surface area contributed by atoms with Crippen LogP contribution in [-0.4, -0.2) is 48.8 Å². The Morgan fingerprint density at radius 1 is 1.10 bits per heavy atom. The van der Waals surface area contributed by atoms with Crippen LogP contribution in [0.1, 0.15) is 58.8 Å². The second kappa shape index (κ2) is 11.3. The molecule has 6 heteroatoms. The topological polar surface area (TPSA) is 69.7 Å². The summed E-state index contributed by atoms with van der Waals surface area (Å²) >= 11 is 0. The molecule has 1 aromatic carbocycles. The molecule has 1 aromatic rings. The van der Waals surface area contributed by atoms with E-state index in [1.165, 1.54) is 19.3 Å². The van der Waals surface area contributed by atoms with Crippen LogP contribution in [0.4, 0.5) is 5.69 Å². The first-order chi connectivity index (χ1) is 15.0. The lowest BCUT2D eigenvalue weighted by Gasteiger charge is -2.33. The van der Waals surface area contributed by atoms with Gasteiger partial charge in [0.15, 0.2) is 0 Å². The minimum Gasteiger partial charge on any atom is -0.356 e. The number of anilines is 1. The van der Waals surface area contributed by atoms with Gasteiger partial charge in [0.05, 0.1) is 5.92 Å². The quantitative estimate of drug-likeness (QED) is 0.654. The summed E-state index contributed by atoms with van der Waals surface area (Å²) in [5.74, 6) is 0.440. The fourth-order valence-electron chi connectivity index (χ4n) is 4.68. The van der Waals surface area contributed by atoms with Gasteiger partial charge in [-0.05, 0) is 37.3 Å². The van der Waals surface area contributed by atoms with E-state index in [1.807, 2.05) is 35.2 Å². The van der Waals surface area contributed by atoms with Crippen LogP contribution < -0.4 is 10.2 Å². The van der Waals surface area contributed by atoms with Gasteiger partial charge in [0.25, 0.3) is 0 Å². The molecule has 2 atom stereocenters. The minimum absolute atomic E-state index is 0.00682. The van der Waals surface area contributed by atoms with E-state index in [2.05, 4.69) is 19.2 Å². The van der Waals surface area contributed by atoms with Gasteiger partial charge in [-0.2, -0.15) is 0 Å². The number of amides is 3. The van der Waals surface area contributed by atoms with Crippen molar-refractivity contribution >= 4 is 23.4 Å². The van der Waals surface area contributed by atoms with E-state index in [0.29, 0.717) is 38.4 Å². The Morgan fingerprint density at radius 2 is 1.81 bits per heavy atom. The van der Waals surface area contributed by atoms with Crippen LogP contribution >= 0.6 is 0 Å². The molecule has 2 fully saturated rings. The lowest BCUT2D eigenvalue weighted by Crippen LogP contribution is -2.46. The Kier molecular flexibility index (Phi) is 8.50. The third-order valence-electron chi connectivity index (χ3n) is 6.83. The second-order valence-corrected chi connectivity index (χ2v) is 9.00. The van der Waals surface area contributed by atoms with E-state index in [0.717, 1.165) is 18.7 Å². The highest BCUT2D eigenvalue weighted by Crippen LogP contribution is 2.28. The van der Waals surface area contributed by atoms with Crippen molar-refractivity contribution in [3.8, 4) is 0 Å². The molecule has 6 nitrogen and oxygen atoms in total. The summed E-state index contributed by atoms with van der Waals surface area (Å²) in [6.07, 6.45) is 6.32. The van der Waals surface area contributed by atoms with Crippen LogP contribution in [0.3, 0.4) is 0 Å². The number of hydrogen-bond donors (Lipinski definition) is 1. The lowest BCUT2D eigenvalue weighted by molar-refractivity contribution is -0.139. The van der Waals surface area contributed by atoms with Gasteiger partial charge in [-0.15, -0.1) is 0 Å². The molecule has 2 saturated heterocycles. The zero-order valence-corrected chi connectivity index (χ0v) is 19.0.